The van der Waals surface area contributed by atoms with E-state index in [0.717, 1.165) is 6.42 Å². The molecule has 1 fully saturated rings. The fourth-order valence-electron chi connectivity index (χ4n) is 1.50. The number of primary amides is 1. The maximum Gasteiger partial charge on any atom is 0.320 e. The summed E-state index contributed by atoms with van der Waals surface area (Å²) in [7, 11) is 0. The van der Waals surface area contributed by atoms with Gasteiger partial charge in [-0.3, -0.25) is 14.5 Å². The summed E-state index contributed by atoms with van der Waals surface area (Å²) >= 11 is 0. The normalized spacial score (nSPS) is 22.3. The minimum absolute atomic E-state index is 0. The maximum atomic E-state index is 10.6. The van der Waals surface area contributed by atoms with Crippen LogP contribution in [0.15, 0.2) is 0 Å². The van der Waals surface area contributed by atoms with Gasteiger partial charge in [-0.1, -0.05) is 0 Å². The molecule has 1 rings (SSSR count). The number of nitrogens with zero attached hydrogens (tertiary/aromatic N) is 1. The van der Waals surface area contributed by atoms with Gasteiger partial charge in [0.1, 0.15) is 6.04 Å². The van der Waals surface area contributed by atoms with E-state index in [2.05, 4.69) is 0 Å². The second-order valence-electron chi connectivity index (χ2n) is 2.93. The molecule has 0 aliphatic carbocycles. The number of aliphatic carboxylic acids is 1. The molecule has 0 unspecified atom stereocenters. The molecule has 0 bridgehead atoms. The molecule has 0 aromatic heterocycles. The predicted octanol–water partition coefficient (Wildman–Crippen LogP) is -0.558. The fraction of sp³-hybridized carbons (Fsp3) is 0.714. The topological polar surface area (TPSA) is 83.6 Å². The van der Waals surface area contributed by atoms with Gasteiger partial charge in [-0.05, 0) is 19.4 Å². The van der Waals surface area contributed by atoms with Gasteiger partial charge in [-0.2, -0.15) is 0 Å². The molecule has 1 aliphatic rings. The van der Waals surface area contributed by atoms with E-state index in [1.807, 2.05) is 0 Å². The average Bonchev–Trinajstić information content (AvgIpc) is 2.33. The monoisotopic (exact) mass is 208 g/mol. The minimum Gasteiger partial charge on any atom is -0.480 e. The number of rotatable bonds is 3. The van der Waals surface area contributed by atoms with E-state index in [9.17, 15) is 9.59 Å². The Bertz CT molecular complexity index is 210. The van der Waals surface area contributed by atoms with Crippen LogP contribution in [0.4, 0.5) is 0 Å². The van der Waals surface area contributed by atoms with Crippen molar-refractivity contribution in [2.45, 2.75) is 18.9 Å². The van der Waals surface area contributed by atoms with Gasteiger partial charge in [0, 0.05) is 0 Å². The molecule has 1 atom stereocenters. The van der Waals surface area contributed by atoms with E-state index in [0.29, 0.717) is 13.0 Å². The number of carboxylic acid groups (broad SMARTS) is 1. The number of carbonyl (C=O) groups excluding carboxylic acids is 1. The van der Waals surface area contributed by atoms with Crippen molar-refractivity contribution < 1.29 is 14.7 Å². The van der Waals surface area contributed by atoms with Crippen LogP contribution in [0.2, 0.25) is 0 Å². The summed E-state index contributed by atoms with van der Waals surface area (Å²) in [5, 5.41) is 8.70. The Morgan fingerprint density at radius 1 is 1.54 bits per heavy atom. The van der Waals surface area contributed by atoms with Crippen LogP contribution in [0.1, 0.15) is 12.8 Å². The van der Waals surface area contributed by atoms with E-state index in [1.54, 1.807) is 4.90 Å². The largest absolute Gasteiger partial charge is 0.480 e. The van der Waals surface area contributed by atoms with Crippen molar-refractivity contribution >= 4 is 24.3 Å². The Morgan fingerprint density at radius 2 is 2.15 bits per heavy atom. The SMILES string of the molecule is Cl.NC(=O)CN1CCC[C@H]1C(=O)O. The van der Waals surface area contributed by atoms with Crippen molar-refractivity contribution in [1.29, 1.82) is 0 Å². The zero-order chi connectivity index (χ0) is 9.14. The highest BCUT2D eigenvalue weighted by Crippen LogP contribution is 2.16. The summed E-state index contributed by atoms with van der Waals surface area (Å²) in [4.78, 5) is 22.7. The van der Waals surface area contributed by atoms with E-state index >= 15 is 0 Å². The Hall–Kier alpha value is -0.810. The van der Waals surface area contributed by atoms with Crippen LogP contribution in [-0.2, 0) is 9.59 Å². The molecule has 6 heteroatoms. The number of hydrogen-bond donors (Lipinski definition) is 2. The lowest BCUT2D eigenvalue weighted by molar-refractivity contribution is -0.142. The first-order chi connectivity index (χ1) is 5.61. The smallest absolute Gasteiger partial charge is 0.320 e. The van der Waals surface area contributed by atoms with Gasteiger partial charge in [-0.15, -0.1) is 12.4 Å². The summed E-state index contributed by atoms with van der Waals surface area (Å²) in [6, 6.07) is -0.516. The molecule has 0 spiro atoms. The highest BCUT2D eigenvalue weighted by atomic mass is 35.5. The third kappa shape index (κ3) is 3.20. The molecular formula is C7H13ClN2O3. The fourth-order valence-corrected chi connectivity index (χ4v) is 1.50. The highest BCUT2D eigenvalue weighted by Gasteiger charge is 2.30. The molecule has 3 N–H and O–H groups in total. The van der Waals surface area contributed by atoms with Crippen LogP contribution in [-0.4, -0.2) is 41.0 Å². The molecule has 5 nitrogen and oxygen atoms in total. The number of carbonyl (C=O) groups is 2. The third-order valence-corrected chi connectivity index (χ3v) is 2.01. The molecule has 13 heavy (non-hydrogen) atoms. The van der Waals surface area contributed by atoms with Crippen molar-refractivity contribution in [3.8, 4) is 0 Å². The van der Waals surface area contributed by atoms with Gasteiger partial charge in [0.2, 0.25) is 5.91 Å². The molecule has 76 valence electrons. The number of carboxylic acids is 1. The van der Waals surface area contributed by atoms with E-state index in [-0.39, 0.29) is 19.0 Å². The molecule has 1 heterocycles. The Labute approximate surface area is 82.3 Å². The molecule has 1 aliphatic heterocycles. The van der Waals surface area contributed by atoms with Crippen LogP contribution >= 0.6 is 12.4 Å². The lowest BCUT2D eigenvalue weighted by atomic mass is 10.2. The molecule has 0 aromatic carbocycles. The first-order valence-corrected chi connectivity index (χ1v) is 3.86. The van der Waals surface area contributed by atoms with Crippen LogP contribution in [0.25, 0.3) is 0 Å². The minimum atomic E-state index is -0.867. The summed E-state index contributed by atoms with van der Waals surface area (Å²) in [5.74, 6) is -1.34. The van der Waals surface area contributed by atoms with Gasteiger partial charge < -0.3 is 10.8 Å². The van der Waals surface area contributed by atoms with Crippen LogP contribution < -0.4 is 5.73 Å². The van der Waals surface area contributed by atoms with Crippen LogP contribution in [0.5, 0.6) is 0 Å². The Morgan fingerprint density at radius 3 is 2.62 bits per heavy atom. The van der Waals surface area contributed by atoms with Gasteiger partial charge in [0.05, 0.1) is 6.54 Å². The van der Waals surface area contributed by atoms with E-state index in [4.69, 9.17) is 10.8 Å². The molecule has 0 saturated carbocycles. The van der Waals surface area contributed by atoms with Crippen molar-refractivity contribution in [3.63, 3.8) is 0 Å². The number of likely N-dealkylation sites (tertiary alicyclic amines) is 1. The van der Waals surface area contributed by atoms with Gasteiger partial charge in [0.15, 0.2) is 0 Å². The molecule has 0 aromatic rings. The van der Waals surface area contributed by atoms with E-state index < -0.39 is 17.9 Å². The molecule has 0 radical (unpaired) electrons. The Kier molecular flexibility index (Phi) is 4.72. The number of nitrogens with two attached hydrogens (primary N) is 1. The van der Waals surface area contributed by atoms with Gasteiger partial charge >= 0.3 is 5.97 Å². The molecule has 1 saturated heterocycles. The maximum absolute atomic E-state index is 10.6. The number of hydrogen-bond acceptors (Lipinski definition) is 3. The Balaban J connectivity index is 0.00000144. The second-order valence-corrected chi connectivity index (χ2v) is 2.93. The number of halogens is 1. The first-order valence-electron chi connectivity index (χ1n) is 3.86. The lowest BCUT2D eigenvalue weighted by Crippen LogP contribution is -2.41. The molecule has 1 amide bonds. The van der Waals surface area contributed by atoms with Gasteiger partial charge in [-0.25, -0.2) is 0 Å². The molecular weight excluding hydrogens is 196 g/mol. The van der Waals surface area contributed by atoms with E-state index in [1.165, 1.54) is 0 Å². The van der Waals surface area contributed by atoms with Crippen LogP contribution in [0, 0.1) is 0 Å². The summed E-state index contributed by atoms with van der Waals surface area (Å²) < 4.78 is 0. The zero-order valence-electron chi connectivity index (χ0n) is 7.10. The first kappa shape index (κ1) is 12.2. The van der Waals surface area contributed by atoms with Crippen molar-refractivity contribution in [2.24, 2.45) is 5.73 Å². The second kappa shape index (κ2) is 5.04. The summed E-state index contributed by atoms with van der Waals surface area (Å²) in [5.41, 5.74) is 4.96. The quantitative estimate of drug-likeness (QED) is 0.652. The highest BCUT2D eigenvalue weighted by molar-refractivity contribution is 5.85. The number of amides is 1. The van der Waals surface area contributed by atoms with Crippen molar-refractivity contribution in [2.75, 3.05) is 13.1 Å². The zero-order valence-corrected chi connectivity index (χ0v) is 7.92. The standard InChI is InChI=1S/C7H12N2O3.ClH/c8-6(10)4-9-3-1-2-5(9)7(11)12;/h5H,1-4H2,(H2,8,10)(H,11,12);1H/t5-;/m0./s1. The summed E-state index contributed by atoms with van der Waals surface area (Å²) in [6.07, 6.45) is 1.44. The van der Waals surface area contributed by atoms with Crippen molar-refractivity contribution in [1.82, 2.24) is 4.90 Å². The van der Waals surface area contributed by atoms with Crippen molar-refractivity contribution in [3.05, 3.63) is 0 Å². The van der Waals surface area contributed by atoms with Gasteiger partial charge in [0.25, 0.3) is 0 Å². The predicted molar refractivity (Wildman–Crippen MR) is 48.7 cm³/mol. The van der Waals surface area contributed by atoms with Crippen LogP contribution in [0.3, 0.4) is 0 Å². The average molecular weight is 209 g/mol. The summed E-state index contributed by atoms with van der Waals surface area (Å²) in [6.45, 7) is 0.705. The lowest BCUT2D eigenvalue weighted by Gasteiger charge is -2.18. The third-order valence-electron chi connectivity index (χ3n) is 2.01.